The van der Waals surface area contributed by atoms with Gasteiger partial charge in [0.05, 0.1) is 29.6 Å². The number of nitrogens with two attached hydrogens (primary N) is 1. The van der Waals surface area contributed by atoms with Crippen molar-refractivity contribution in [2.75, 3.05) is 30.0 Å². The van der Waals surface area contributed by atoms with Crippen molar-refractivity contribution in [3.63, 3.8) is 0 Å². The number of amides is 1. The molecule has 3 N–H and O–H groups in total. The summed E-state index contributed by atoms with van der Waals surface area (Å²) in [6, 6.07) is 4.50. The van der Waals surface area contributed by atoms with E-state index in [2.05, 4.69) is 15.3 Å². The van der Waals surface area contributed by atoms with Crippen LogP contribution in [0.3, 0.4) is 0 Å². The van der Waals surface area contributed by atoms with Crippen molar-refractivity contribution in [1.82, 2.24) is 9.97 Å². The van der Waals surface area contributed by atoms with Crippen LogP contribution in [0.1, 0.15) is 34.6 Å². The van der Waals surface area contributed by atoms with Gasteiger partial charge in [0.15, 0.2) is 5.16 Å². The number of carbonyl (C=O) groups excluding carboxylic acids is 3. The van der Waals surface area contributed by atoms with Gasteiger partial charge in [0, 0.05) is 11.9 Å². The van der Waals surface area contributed by atoms with Crippen molar-refractivity contribution >= 4 is 52.7 Å². The molecule has 2 aromatic rings. The van der Waals surface area contributed by atoms with Crippen LogP contribution < -0.4 is 11.1 Å². The molecular formula is C18H19ClN4O5S. The molecule has 0 spiro atoms. The number of esters is 2. The van der Waals surface area contributed by atoms with E-state index in [1.807, 2.05) is 0 Å². The Morgan fingerprint density at radius 3 is 2.41 bits per heavy atom. The number of benzene rings is 1. The zero-order valence-corrected chi connectivity index (χ0v) is 17.3. The van der Waals surface area contributed by atoms with Crippen molar-refractivity contribution in [3.05, 3.63) is 40.5 Å². The summed E-state index contributed by atoms with van der Waals surface area (Å²) in [6.07, 6.45) is 1.26. The lowest BCUT2D eigenvalue weighted by molar-refractivity contribution is -0.113. The van der Waals surface area contributed by atoms with E-state index in [1.165, 1.54) is 18.3 Å². The number of carbonyl (C=O) groups is 3. The number of rotatable bonds is 8. The van der Waals surface area contributed by atoms with E-state index < -0.39 is 11.9 Å². The fraction of sp³-hybridized carbons (Fsp3) is 0.278. The number of thioether (sulfide) groups is 1. The molecule has 0 unspecified atom stereocenters. The van der Waals surface area contributed by atoms with E-state index in [4.69, 9.17) is 26.8 Å². The molecule has 0 aliphatic rings. The van der Waals surface area contributed by atoms with Gasteiger partial charge in [-0.15, -0.1) is 0 Å². The lowest BCUT2D eigenvalue weighted by Crippen LogP contribution is -2.15. The summed E-state index contributed by atoms with van der Waals surface area (Å²) in [7, 11) is 0. The monoisotopic (exact) mass is 438 g/mol. The summed E-state index contributed by atoms with van der Waals surface area (Å²) in [5.41, 5.74) is 6.35. The maximum absolute atomic E-state index is 12.2. The number of hydrogen-bond acceptors (Lipinski definition) is 9. The predicted molar refractivity (Wildman–Crippen MR) is 109 cm³/mol. The van der Waals surface area contributed by atoms with Gasteiger partial charge in [-0.1, -0.05) is 23.4 Å². The third-order valence-electron chi connectivity index (χ3n) is 3.37. The summed E-state index contributed by atoms with van der Waals surface area (Å²) in [5.74, 6) is -1.59. The Hall–Kier alpha value is -2.85. The number of aromatic nitrogens is 2. The number of halogens is 1. The van der Waals surface area contributed by atoms with E-state index in [0.717, 1.165) is 11.8 Å². The molecule has 2 rings (SSSR count). The van der Waals surface area contributed by atoms with E-state index >= 15 is 0 Å². The van der Waals surface area contributed by atoms with Crippen molar-refractivity contribution in [2.45, 2.75) is 19.0 Å². The Balaban J connectivity index is 1.98. The van der Waals surface area contributed by atoms with Crippen molar-refractivity contribution < 1.29 is 23.9 Å². The SMILES string of the molecule is CCOC(=O)c1cc(NC(=O)CSc2ncc(C(=O)OCC)c(N)n2)ccc1Cl. The Morgan fingerprint density at radius 2 is 1.79 bits per heavy atom. The van der Waals surface area contributed by atoms with Crippen LogP contribution in [0.4, 0.5) is 11.5 Å². The maximum atomic E-state index is 12.2. The zero-order chi connectivity index (χ0) is 21.4. The summed E-state index contributed by atoms with van der Waals surface area (Å²) in [5, 5.41) is 3.10. The van der Waals surface area contributed by atoms with Crippen LogP contribution in [-0.4, -0.2) is 46.8 Å². The molecule has 0 aliphatic heterocycles. The topological polar surface area (TPSA) is 134 Å². The molecule has 0 bridgehead atoms. The average Bonchev–Trinajstić information content (AvgIpc) is 2.68. The number of nitrogen functional groups attached to an aromatic ring is 1. The van der Waals surface area contributed by atoms with Gasteiger partial charge < -0.3 is 20.5 Å². The highest BCUT2D eigenvalue weighted by Crippen LogP contribution is 2.22. The summed E-state index contributed by atoms with van der Waals surface area (Å²) in [4.78, 5) is 43.7. The molecule has 0 atom stereocenters. The molecule has 11 heteroatoms. The van der Waals surface area contributed by atoms with Crippen LogP contribution in [0.15, 0.2) is 29.6 Å². The first-order valence-corrected chi connectivity index (χ1v) is 9.91. The average molecular weight is 439 g/mol. The van der Waals surface area contributed by atoms with Gasteiger partial charge in [-0.3, -0.25) is 4.79 Å². The van der Waals surface area contributed by atoms with Gasteiger partial charge in [0.25, 0.3) is 0 Å². The van der Waals surface area contributed by atoms with Gasteiger partial charge >= 0.3 is 11.9 Å². The summed E-state index contributed by atoms with van der Waals surface area (Å²) >= 11 is 7.03. The smallest absolute Gasteiger partial charge is 0.343 e. The molecule has 9 nitrogen and oxygen atoms in total. The Bertz CT molecular complexity index is 925. The summed E-state index contributed by atoms with van der Waals surface area (Å²) < 4.78 is 9.78. The lowest BCUT2D eigenvalue weighted by atomic mass is 10.2. The minimum absolute atomic E-state index is 0.0183. The minimum atomic E-state index is -0.612. The molecule has 0 saturated heterocycles. The number of nitrogens with zero attached hydrogens (tertiary/aromatic N) is 2. The van der Waals surface area contributed by atoms with Crippen LogP contribution in [0, 0.1) is 0 Å². The molecule has 154 valence electrons. The van der Waals surface area contributed by atoms with E-state index in [-0.39, 0.29) is 52.0 Å². The number of ether oxygens (including phenoxy) is 2. The molecule has 0 fully saturated rings. The Morgan fingerprint density at radius 1 is 1.14 bits per heavy atom. The molecule has 0 saturated carbocycles. The highest BCUT2D eigenvalue weighted by atomic mass is 35.5. The molecule has 1 heterocycles. The fourth-order valence-electron chi connectivity index (χ4n) is 2.11. The largest absolute Gasteiger partial charge is 0.462 e. The second-order valence-electron chi connectivity index (χ2n) is 5.42. The number of anilines is 2. The highest BCUT2D eigenvalue weighted by Gasteiger charge is 2.16. The number of nitrogens with one attached hydrogen (secondary N) is 1. The van der Waals surface area contributed by atoms with Crippen molar-refractivity contribution in [3.8, 4) is 0 Å². The number of hydrogen-bond donors (Lipinski definition) is 2. The van der Waals surface area contributed by atoms with Crippen LogP contribution in [0.2, 0.25) is 5.02 Å². The maximum Gasteiger partial charge on any atom is 0.343 e. The van der Waals surface area contributed by atoms with Gasteiger partial charge in [0.1, 0.15) is 11.4 Å². The summed E-state index contributed by atoms with van der Waals surface area (Å²) in [6.45, 7) is 3.77. The van der Waals surface area contributed by atoms with E-state index in [0.29, 0.717) is 5.69 Å². The third kappa shape index (κ3) is 6.33. The standard InChI is InChI=1S/C18H19ClN4O5S/c1-3-27-16(25)11-7-10(5-6-13(11)19)22-14(24)9-29-18-21-8-12(15(20)23-18)17(26)28-4-2/h5-8H,3-4,9H2,1-2H3,(H,22,24)(H2,20,21,23). The van der Waals surface area contributed by atoms with Gasteiger partial charge in [-0.2, -0.15) is 0 Å². The quantitative estimate of drug-likeness (QED) is 0.362. The van der Waals surface area contributed by atoms with Gasteiger partial charge in [0.2, 0.25) is 5.91 Å². The molecular weight excluding hydrogens is 420 g/mol. The highest BCUT2D eigenvalue weighted by molar-refractivity contribution is 7.99. The molecule has 1 aromatic carbocycles. The van der Waals surface area contributed by atoms with E-state index in [9.17, 15) is 14.4 Å². The second kappa shape index (κ2) is 10.6. The predicted octanol–water partition coefficient (Wildman–Crippen LogP) is 2.80. The Labute approximate surface area is 176 Å². The van der Waals surface area contributed by atoms with E-state index in [1.54, 1.807) is 19.9 Å². The van der Waals surface area contributed by atoms with Crippen molar-refractivity contribution in [1.29, 1.82) is 0 Å². The first-order chi connectivity index (χ1) is 13.8. The molecule has 1 aromatic heterocycles. The molecule has 0 radical (unpaired) electrons. The van der Waals surface area contributed by atoms with Gasteiger partial charge in [-0.05, 0) is 32.0 Å². The van der Waals surface area contributed by atoms with Crippen LogP contribution in [-0.2, 0) is 14.3 Å². The van der Waals surface area contributed by atoms with Crippen LogP contribution >= 0.6 is 23.4 Å². The van der Waals surface area contributed by atoms with Crippen molar-refractivity contribution in [2.24, 2.45) is 0 Å². The Kier molecular flexibility index (Phi) is 8.22. The first-order valence-electron chi connectivity index (χ1n) is 8.54. The third-order valence-corrected chi connectivity index (χ3v) is 4.56. The van der Waals surface area contributed by atoms with Crippen LogP contribution in [0.5, 0.6) is 0 Å². The molecule has 0 aliphatic carbocycles. The lowest BCUT2D eigenvalue weighted by Gasteiger charge is -2.09. The second-order valence-corrected chi connectivity index (χ2v) is 6.77. The van der Waals surface area contributed by atoms with Crippen LogP contribution in [0.25, 0.3) is 0 Å². The zero-order valence-electron chi connectivity index (χ0n) is 15.7. The fourth-order valence-corrected chi connectivity index (χ4v) is 2.93. The first kappa shape index (κ1) is 22.4. The normalized spacial score (nSPS) is 10.3. The molecule has 29 heavy (non-hydrogen) atoms. The molecule has 1 amide bonds. The minimum Gasteiger partial charge on any atom is -0.462 e. The van der Waals surface area contributed by atoms with Gasteiger partial charge in [-0.25, -0.2) is 19.6 Å².